The summed E-state index contributed by atoms with van der Waals surface area (Å²) in [6.45, 7) is 5.67. The van der Waals surface area contributed by atoms with E-state index in [-0.39, 0.29) is 54.7 Å². The van der Waals surface area contributed by atoms with Crippen molar-refractivity contribution in [2.24, 2.45) is 0 Å². The molecule has 1 heterocycles. The second kappa shape index (κ2) is 12.3. The third-order valence-corrected chi connectivity index (χ3v) is 6.83. The Bertz CT molecular complexity index is 1290. The molecule has 0 bridgehead atoms. The van der Waals surface area contributed by atoms with Gasteiger partial charge in [0.1, 0.15) is 5.60 Å². The van der Waals surface area contributed by atoms with Crippen molar-refractivity contribution in [2.75, 3.05) is 11.9 Å². The van der Waals surface area contributed by atoms with E-state index in [2.05, 4.69) is 16.0 Å². The molecule has 2 aliphatic rings. The largest absolute Gasteiger partial charge is 0.444 e. The van der Waals surface area contributed by atoms with Crippen LogP contribution in [0.3, 0.4) is 0 Å². The third-order valence-electron chi connectivity index (χ3n) is 6.83. The van der Waals surface area contributed by atoms with E-state index in [0.717, 1.165) is 37.7 Å². The fourth-order valence-corrected chi connectivity index (χ4v) is 4.88. The Hall–Kier alpha value is -4.21. The van der Waals surface area contributed by atoms with Crippen molar-refractivity contribution in [1.29, 1.82) is 0 Å². The number of fused-ring (bicyclic) bond motifs is 1. The minimum atomic E-state index is -0.607. The number of ether oxygens (including phenoxy) is 1. The molecule has 4 rings (SSSR count). The van der Waals surface area contributed by atoms with Gasteiger partial charge < -0.3 is 20.7 Å². The van der Waals surface area contributed by atoms with Crippen LogP contribution in [0, 0.1) is 0 Å². The monoisotopic (exact) mass is 548 g/mol. The van der Waals surface area contributed by atoms with Crippen LogP contribution in [0.5, 0.6) is 0 Å². The van der Waals surface area contributed by atoms with Gasteiger partial charge >= 0.3 is 6.09 Å². The van der Waals surface area contributed by atoms with Crippen molar-refractivity contribution in [2.45, 2.75) is 77.5 Å². The molecule has 2 aromatic rings. The smallest absolute Gasteiger partial charge is 0.407 e. The number of nitrogens with one attached hydrogen (secondary N) is 3. The highest BCUT2D eigenvalue weighted by atomic mass is 16.6. The fourth-order valence-electron chi connectivity index (χ4n) is 4.88. The van der Waals surface area contributed by atoms with Crippen molar-refractivity contribution in [3.8, 4) is 0 Å². The number of hydrogen-bond donors (Lipinski definition) is 3. The van der Waals surface area contributed by atoms with E-state index in [0.29, 0.717) is 16.8 Å². The lowest BCUT2D eigenvalue weighted by Crippen LogP contribution is -2.40. The molecule has 5 amide bonds. The molecule has 0 radical (unpaired) electrons. The number of nitrogens with zero attached hydrogens (tertiary/aromatic N) is 1. The molecule has 10 nitrogen and oxygen atoms in total. The molecular weight excluding hydrogens is 512 g/mol. The van der Waals surface area contributed by atoms with Crippen LogP contribution >= 0.6 is 0 Å². The van der Waals surface area contributed by atoms with Gasteiger partial charge in [0.2, 0.25) is 5.91 Å². The number of amides is 5. The zero-order valence-corrected chi connectivity index (χ0v) is 23.2. The van der Waals surface area contributed by atoms with Crippen LogP contribution in [0.1, 0.15) is 95.9 Å². The maximum Gasteiger partial charge on any atom is 0.407 e. The molecule has 2 aromatic carbocycles. The number of rotatable bonds is 8. The predicted molar refractivity (Wildman–Crippen MR) is 149 cm³/mol. The van der Waals surface area contributed by atoms with Gasteiger partial charge in [0, 0.05) is 36.8 Å². The number of anilines is 1. The SMILES string of the molecule is CC(C)(C)OC(=O)NCCC(=O)Nc1ccc(CNC(=O)c2ccc3c(c2)C(=O)N(C2CCCCC2)C3=O)cc1. The molecule has 3 N–H and O–H groups in total. The van der Waals surface area contributed by atoms with Crippen molar-refractivity contribution in [3.63, 3.8) is 0 Å². The lowest BCUT2D eigenvalue weighted by molar-refractivity contribution is -0.116. The molecule has 0 atom stereocenters. The van der Waals surface area contributed by atoms with Crippen LogP contribution in [0.25, 0.3) is 0 Å². The van der Waals surface area contributed by atoms with Crippen LogP contribution < -0.4 is 16.0 Å². The summed E-state index contributed by atoms with van der Waals surface area (Å²) in [5, 5.41) is 8.13. The molecule has 1 saturated carbocycles. The summed E-state index contributed by atoms with van der Waals surface area (Å²) in [5.41, 5.74) is 1.74. The maximum absolute atomic E-state index is 13.0. The predicted octanol–water partition coefficient (Wildman–Crippen LogP) is 4.40. The topological polar surface area (TPSA) is 134 Å². The lowest BCUT2D eigenvalue weighted by atomic mass is 9.94. The number of carbonyl (C=O) groups excluding carboxylic acids is 5. The Morgan fingerprint density at radius 2 is 1.57 bits per heavy atom. The van der Waals surface area contributed by atoms with E-state index >= 15 is 0 Å². The van der Waals surface area contributed by atoms with E-state index < -0.39 is 11.7 Å². The van der Waals surface area contributed by atoms with Crippen molar-refractivity contribution < 1.29 is 28.7 Å². The molecule has 10 heteroatoms. The van der Waals surface area contributed by atoms with Crippen LogP contribution in [0.2, 0.25) is 0 Å². The van der Waals surface area contributed by atoms with Gasteiger partial charge in [-0.2, -0.15) is 0 Å². The van der Waals surface area contributed by atoms with E-state index in [1.165, 1.54) is 11.0 Å². The molecule has 1 aliphatic heterocycles. The molecule has 0 saturated heterocycles. The van der Waals surface area contributed by atoms with Crippen molar-refractivity contribution in [1.82, 2.24) is 15.5 Å². The average Bonchev–Trinajstić information content (AvgIpc) is 3.16. The van der Waals surface area contributed by atoms with Crippen molar-refractivity contribution >= 4 is 35.4 Å². The number of imide groups is 1. The van der Waals surface area contributed by atoms with E-state index in [4.69, 9.17) is 4.74 Å². The molecule has 1 fully saturated rings. The Labute approximate surface area is 233 Å². The van der Waals surface area contributed by atoms with Crippen molar-refractivity contribution in [3.05, 3.63) is 64.7 Å². The highest BCUT2D eigenvalue weighted by Gasteiger charge is 2.40. The molecule has 0 spiro atoms. The summed E-state index contributed by atoms with van der Waals surface area (Å²) in [5.74, 6) is -1.21. The van der Waals surface area contributed by atoms with Crippen LogP contribution in [0.4, 0.5) is 10.5 Å². The maximum atomic E-state index is 13.0. The first-order chi connectivity index (χ1) is 19.0. The first-order valence-electron chi connectivity index (χ1n) is 13.7. The Morgan fingerprint density at radius 3 is 2.25 bits per heavy atom. The standard InChI is InChI=1S/C30H36N4O6/c1-30(2,3)40-29(39)31-16-15-25(35)33-21-12-9-19(10-13-21)18-32-26(36)20-11-14-23-24(17-20)28(38)34(27(23)37)22-7-5-4-6-8-22/h9-14,17,22H,4-8,15-16,18H2,1-3H3,(H,31,39)(H,32,36)(H,33,35). The zero-order chi connectivity index (χ0) is 28.9. The second-order valence-corrected chi connectivity index (χ2v) is 11.1. The summed E-state index contributed by atoms with van der Waals surface area (Å²) in [7, 11) is 0. The number of carbonyl (C=O) groups is 5. The summed E-state index contributed by atoms with van der Waals surface area (Å²) >= 11 is 0. The van der Waals surface area contributed by atoms with Gasteiger partial charge in [-0.25, -0.2) is 4.79 Å². The van der Waals surface area contributed by atoms with Gasteiger partial charge in [-0.3, -0.25) is 24.1 Å². The van der Waals surface area contributed by atoms with Gasteiger partial charge in [-0.05, 0) is 69.5 Å². The highest BCUT2D eigenvalue weighted by Crippen LogP contribution is 2.31. The highest BCUT2D eigenvalue weighted by molar-refractivity contribution is 6.22. The number of hydrogen-bond acceptors (Lipinski definition) is 6. The molecule has 0 aromatic heterocycles. The van der Waals surface area contributed by atoms with E-state index in [1.54, 1.807) is 57.2 Å². The second-order valence-electron chi connectivity index (χ2n) is 11.1. The molecule has 1 aliphatic carbocycles. The molecule has 0 unspecified atom stereocenters. The summed E-state index contributed by atoms with van der Waals surface area (Å²) in [4.78, 5) is 63.9. The lowest BCUT2D eigenvalue weighted by Gasteiger charge is -2.29. The number of alkyl carbamates (subject to hydrolysis) is 1. The van der Waals surface area contributed by atoms with Gasteiger partial charge in [-0.15, -0.1) is 0 Å². The van der Waals surface area contributed by atoms with Crippen LogP contribution in [-0.2, 0) is 16.1 Å². The van der Waals surface area contributed by atoms with Gasteiger partial charge in [0.15, 0.2) is 0 Å². The average molecular weight is 549 g/mol. The third kappa shape index (κ3) is 7.25. The molecular formula is C30H36N4O6. The van der Waals surface area contributed by atoms with E-state index in [9.17, 15) is 24.0 Å². The van der Waals surface area contributed by atoms with Gasteiger partial charge in [-0.1, -0.05) is 31.4 Å². The van der Waals surface area contributed by atoms with E-state index in [1.807, 2.05) is 0 Å². The minimum Gasteiger partial charge on any atom is -0.444 e. The summed E-state index contributed by atoms with van der Waals surface area (Å²) < 4.78 is 5.13. The first-order valence-corrected chi connectivity index (χ1v) is 13.7. The normalized spacial score (nSPS) is 15.4. The molecule has 212 valence electrons. The van der Waals surface area contributed by atoms with Crippen LogP contribution in [-0.4, -0.2) is 52.8 Å². The molecule has 40 heavy (non-hydrogen) atoms. The minimum absolute atomic E-state index is 0.0694. The van der Waals surface area contributed by atoms with Gasteiger partial charge in [0.05, 0.1) is 11.1 Å². The Balaban J connectivity index is 1.25. The zero-order valence-electron chi connectivity index (χ0n) is 23.2. The first kappa shape index (κ1) is 28.8. The number of benzene rings is 2. The Morgan fingerprint density at radius 1 is 0.900 bits per heavy atom. The fraction of sp³-hybridized carbons (Fsp3) is 0.433. The van der Waals surface area contributed by atoms with Gasteiger partial charge in [0.25, 0.3) is 17.7 Å². The summed E-state index contributed by atoms with van der Waals surface area (Å²) in [6.07, 6.45) is 4.30. The van der Waals surface area contributed by atoms with Crippen LogP contribution in [0.15, 0.2) is 42.5 Å². The Kier molecular flexibility index (Phi) is 8.86. The quantitative estimate of drug-likeness (QED) is 0.419. The summed E-state index contributed by atoms with van der Waals surface area (Å²) in [6, 6.07) is 11.6.